The number of nitrogen functional groups attached to an aromatic ring is 1. The molecule has 1 rings (SSSR count). The van der Waals surface area contributed by atoms with Crippen molar-refractivity contribution in [3.8, 4) is 0 Å². The van der Waals surface area contributed by atoms with Crippen molar-refractivity contribution in [3.63, 3.8) is 0 Å². The van der Waals surface area contributed by atoms with Gasteiger partial charge >= 0.3 is 6.18 Å². The average Bonchev–Trinajstić information content (AvgIpc) is 2.09. The van der Waals surface area contributed by atoms with Crippen LogP contribution in [0.4, 0.5) is 18.9 Å². The van der Waals surface area contributed by atoms with Crippen molar-refractivity contribution in [2.24, 2.45) is 0 Å². The lowest BCUT2D eigenvalue weighted by atomic mass is 10.2. The van der Waals surface area contributed by atoms with Crippen molar-refractivity contribution in [1.82, 2.24) is 0 Å². The van der Waals surface area contributed by atoms with Gasteiger partial charge in [-0.05, 0) is 18.1 Å². The average molecular weight is 243 g/mol. The molecule has 0 bridgehead atoms. The van der Waals surface area contributed by atoms with Gasteiger partial charge < -0.3 is 5.73 Å². The van der Waals surface area contributed by atoms with E-state index < -0.39 is 40.0 Å². The summed E-state index contributed by atoms with van der Waals surface area (Å²) in [6.45, 7) is 0. The van der Waals surface area contributed by atoms with E-state index in [2.05, 4.69) is 15.9 Å². The monoisotopic (exact) mass is 242 g/mol. The van der Waals surface area contributed by atoms with E-state index in [4.69, 9.17) is 9.85 Å². The van der Waals surface area contributed by atoms with Crippen LogP contribution in [0.15, 0.2) is 22.6 Å². The summed E-state index contributed by atoms with van der Waals surface area (Å²) in [7, 11) is 0. The molecule has 0 aliphatic rings. The zero-order valence-electron chi connectivity index (χ0n) is 8.59. The first kappa shape index (κ1) is 5.85. The molecule has 0 saturated heterocycles. The molecule has 66 valence electrons. The topological polar surface area (TPSA) is 26.0 Å². The van der Waals surface area contributed by atoms with Crippen LogP contribution in [0, 0.1) is 0 Å². The molecule has 1 aromatic rings. The molecule has 0 unspecified atom stereocenters. The molecule has 0 fully saturated rings. The normalized spacial score (nSPS) is 15.2. The van der Waals surface area contributed by atoms with E-state index in [9.17, 15) is 13.2 Å². The van der Waals surface area contributed by atoms with Crippen LogP contribution in [0.2, 0.25) is 0 Å². The fourth-order valence-electron chi connectivity index (χ4n) is 0.592. The Morgan fingerprint density at radius 2 is 2.00 bits per heavy atom. The summed E-state index contributed by atoms with van der Waals surface area (Å²) >= 11 is 2.56. The summed E-state index contributed by atoms with van der Waals surface area (Å²) in [5, 5.41) is 0. The summed E-state index contributed by atoms with van der Waals surface area (Å²) < 4.78 is 58.2. The van der Waals surface area contributed by atoms with E-state index in [1.807, 2.05) is 0 Å². The minimum Gasteiger partial charge on any atom is -0.399 e. The second-order valence-electron chi connectivity index (χ2n) is 1.98. The lowest BCUT2D eigenvalue weighted by molar-refractivity contribution is -0.138. The Kier molecular flexibility index (Phi) is 1.45. The molecule has 0 saturated carbocycles. The molecular formula is C7H5BrF3N. The van der Waals surface area contributed by atoms with Crippen LogP contribution >= 0.6 is 15.9 Å². The van der Waals surface area contributed by atoms with Crippen molar-refractivity contribution in [2.45, 2.75) is 6.18 Å². The number of alkyl halides is 3. The highest BCUT2D eigenvalue weighted by atomic mass is 79.9. The molecule has 12 heavy (non-hydrogen) atoms. The Morgan fingerprint density at radius 3 is 2.50 bits per heavy atom. The summed E-state index contributed by atoms with van der Waals surface area (Å²) in [6.07, 6.45) is -4.78. The predicted molar refractivity (Wildman–Crippen MR) is 43.6 cm³/mol. The standard InChI is InChI=1S/C7H5BrF3N/c8-6-3-4(12)1-2-5(6)7(9,10)11/h1-3H,12H2/i1D,2D,3D. The highest BCUT2D eigenvalue weighted by Gasteiger charge is 2.32. The van der Waals surface area contributed by atoms with Crippen LogP contribution in [-0.2, 0) is 6.18 Å². The van der Waals surface area contributed by atoms with Crippen molar-refractivity contribution in [2.75, 3.05) is 5.73 Å². The molecule has 0 amide bonds. The molecule has 0 aromatic heterocycles. The van der Waals surface area contributed by atoms with Crippen molar-refractivity contribution in [1.29, 1.82) is 0 Å². The van der Waals surface area contributed by atoms with E-state index in [-0.39, 0.29) is 0 Å². The Labute approximate surface area is 79.7 Å². The summed E-state index contributed by atoms with van der Waals surface area (Å²) in [5.74, 6) is 0. The zero-order valence-corrected chi connectivity index (χ0v) is 7.18. The Morgan fingerprint density at radius 1 is 1.42 bits per heavy atom. The number of benzene rings is 1. The second kappa shape index (κ2) is 2.97. The first-order valence-corrected chi connectivity index (χ1v) is 3.59. The molecule has 0 aliphatic carbocycles. The number of hydrogen-bond donors (Lipinski definition) is 1. The minimum absolute atomic E-state index is 0.445. The van der Waals surface area contributed by atoms with Gasteiger partial charge in [-0.3, -0.25) is 0 Å². The van der Waals surface area contributed by atoms with Crippen LogP contribution < -0.4 is 5.73 Å². The molecule has 0 radical (unpaired) electrons. The van der Waals surface area contributed by atoms with Crippen LogP contribution in [0.25, 0.3) is 0 Å². The molecule has 0 aliphatic heterocycles. The van der Waals surface area contributed by atoms with Gasteiger partial charge in [0.2, 0.25) is 0 Å². The van der Waals surface area contributed by atoms with E-state index in [0.29, 0.717) is 0 Å². The smallest absolute Gasteiger partial charge is 0.399 e. The maximum absolute atomic E-state index is 12.4. The fourth-order valence-corrected chi connectivity index (χ4v) is 1.13. The number of halogens is 4. The van der Waals surface area contributed by atoms with Crippen molar-refractivity contribution >= 4 is 21.6 Å². The van der Waals surface area contributed by atoms with Crippen LogP contribution in [0.5, 0.6) is 0 Å². The highest BCUT2D eigenvalue weighted by molar-refractivity contribution is 9.10. The third-order valence-corrected chi connectivity index (χ3v) is 1.66. The van der Waals surface area contributed by atoms with Gasteiger partial charge in [-0.2, -0.15) is 13.2 Å². The van der Waals surface area contributed by atoms with E-state index in [0.717, 1.165) is 0 Å². The van der Waals surface area contributed by atoms with Gasteiger partial charge in [-0.1, -0.05) is 15.9 Å². The van der Waals surface area contributed by atoms with Gasteiger partial charge in [0.25, 0.3) is 0 Å². The van der Waals surface area contributed by atoms with Gasteiger partial charge in [-0.15, -0.1) is 0 Å². The first-order chi connectivity index (χ1) is 6.68. The third kappa shape index (κ3) is 1.91. The number of rotatable bonds is 0. The molecular weight excluding hydrogens is 235 g/mol. The van der Waals surface area contributed by atoms with Gasteiger partial charge in [0.1, 0.15) is 0 Å². The highest BCUT2D eigenvalue weighted by Crippen LogP contribution is 2.35. The van der Waals surface area contributed by atoms with Crippen LogP contribution in [-0.4, -0.2) is 0 Å². The Bertz CT molecular complexity index is 390. The molecule has 1 aromatic carbocycles. The summed E-state index contributed by atoms with van der Waals surface area (Å²) in [5.41, 5.74) is 3.42. The van der Waals surface area contributed by atoms with Gasteiger partial charge in [0.05, 0.1) is 9.68 Å². The molecule has 5 heteroatoms. The van der Waals surface area contributed by atoms with Crippen LogP contribution in [0.1, 0.15) is 9.68 Å². The number of anilines is 1. The second-order valence-corrected chi connectivity index (χ2v) is 2.77. The van der Waals surface area contributed by atoms with E-state index >= 15 is 0 Å². The van der Waals surface area contributed by atoms with Crippen molar-refractivity contribution < 1.29 is 17.3 Å². The molecule has 0 atom stereocenters. The Hall–Kier alpha value is -0.710. The molecule has 0 spiro atoms. The van der Waals surface area contributed by atoms with Gasteiger partial charge in [-0.25, -0.2) is 0 Å². The van der Waals surface area contributed by atoms with E-state index in [1.165, 1.54) is 0 Å². The summed E-state index contributed by atoms with van der Waals surface area (Å²) in [4.78, 5) is 0. The molecule has 1 nitrogen and oxygen atoms in total. The number of nitrogens with two attached hydrogens (primary N) is 1. The SMILES string of the molecule is [2H]c1c([2H])c(C(F)(F)F)c(Br)c([2H])c1N. The maximum atomic E-state index is 12.4. The molecule has 2 N–H and O–H groups in total. The lowest BCUT2D eigenvalue weighted by Gasteiger charge is -2.08. The lowest BCUT2D eigenvalue weighted by Crippen LogP contribution is -2.06. The molecule has 0 heterocycles. The quantitative estimate of drug-likeness (QED) is 0.696. The third-order valence-electron chi connectivity index (χ3n) is 1.07. The fraction of sp³-hybridized carbons (Fsp3) is 0.143. The first-order valence-electron chi connectivity index (χ1n) is 4.29. The largest absolute Gasteiger partial charge is 0.417 e. The van der Waals surface area contributed by atoms with Gasteiger partial charge in [0.15, 0.2) is 0 Å². The predicted octanol–water partition coefficient (Wildman–Crippen LogP) is 3.05. The maximum Gasteiger partial charge on any atom is 0.417 e. The van der Waals surface area contributed by atoms with Crippen LogP contribution in [0.3, 0.4) is 0 Å². The van der Waals surface area contributed by atoms with Crippen molar-refractivity contribution in [3.05, 3.63) is 28.2 Å². The Balaban J connectivity index is 3.68. The zero-order chi connectivity index (χ0) is 12.0. The number of hydrogen-bond acceptors (Lipinski definition) is 1. The minimum atomic E-state index is -4.78. The van der Waals surface area contributed by atoms with E-state index in [1.54, 1.807) is 0 Å². The summed E-state index contributed by atoms with van der Waals surface area (Å²) in [6, 6.07) is -2.43. The van der Waals surface area contributed by atoms with Gasteiger partial charge in [0, 0.05) is 10.2 Å².